The summed E-state index contributed by atoms with van der Waals surface area (Å²) in [6, 6.07) is 12.0. The predicted octanol–water partition coefficient (Wildman–Crippen LogP) is 3.47. The summed E-state index contributed by atoms with van der Waals surface area (Å²) >= 11 is 0. The molecular weight excluding hydrogens is 340 g/mol. The summed E-state index contributed by atoms with van der Waals surface area (Å²) in [5, 5.41) is 8.51. The average molecular weight is 364 g/mol. The Hall–Kier alpha value is -2.89. The lowest BCUT2D eigenvalue weighted by molar-refractivity contribution is -0.123. The van der Waals surface area contributed by atoms with Gasteiger partial charge in [-0.05, 0) is 51.0 Å². The zero-order valence-electron chi connectivity index (χ0n) is 15.7. The number of aromatic nitrogens is 3. The minimum absolute atomic E-state index is 0.00142. The van der Waals surface area contributed by atoms with Gasteiger partial charge in [0.25, 0.3) is 5.91 Å². The maximum atomic E-state index is 12.2. The van der Waals surface area contributed by atoms with E-state index in [-0.39, 0.29) is 12.5 Å². The molecule has 0 spiro atoms. The highest BCUT2D eigenvalue weighted by atomic mass is 16.5. The lowest BCUT2D eigenvalue weighted by Gasteiger charge is -2.13. The summed E-state index contributed by atoms with van der Waals surface area (Å²) in [7, 11) is 0. The van der Waals surface area contributed by atoms with Gasteiger partial charge in [0.15, 0.2) is 12.4 Å². The van der Waals surface area contributed by atoms with E-state index in [9.17, 15) is 4.79 Å². The van der Waals surface area contributed by atoms with Crippen LogP contribution < -0.4 is 10.1 Å². The maximum absolute atomic E-state index is 12.2. The fraction of sp³-hybridized carbons (Fsp3) is 0.381. The molecule has 1 N–H and O–H groups in total. The van der Waals surface area contributed by atoms with Crippen LogP contribution in [0.2, 0.25) is 0 Å². The standard InChI is InChI=1S/C21H24N4O2/c1-14-12-15(2)25(24-14)19-11-10-16-6-5-9-18(21(16)23-19)27-13-20(26)22-17-7-3-4-8-17/h5-6,9-12,17H,3-4,7-8,13H2,1-2H3,(H,22,26). The van der Waals surface area contributed by atoms with Crippen LogP contribution in [0.4, 0.5) is 0 Å². The number of pyridine rings is 1. The zero-order valence-corrected chi connectivity index (χ0v) is 15.7. The monoisotopic (exact) mass is 364 g/mol. The van der Waals surface area contributed by atoms with Crippen molar-refractivity contribution in [2.75, 3.05) is 6.61 Å². The number of carbonyl (C=O) groups is 1. The van der Waals surface area contributed by atoms with Gasteiger partial charge in [-0.25, -0.2) is 9.67 Å². The van der Waals surface area contributed by atoms with Crippen molar-refractivity contribution >= 4 is 16.8 Å². The Bertz CT molecular complexity index is 973. The highest BCUT2D eigenvalue weighted by Gasteiger charge is 2.17. The van der Waals surface area contributed by atoms with E-state index in [4.69, 9.17) is 9.72 Å². The number of carbonyl (C=O) groups excluding carboxylic acids is 1. The van der Waals surface area contributed by atoms with Gasteiger partial charge in [0, 0.05) is 17.1 Å². The molecule has 2 heterocycles. The first-order valence-electron chi connectivity index (χ1n) is 9.46. The Balaban J connectivity index is 1.56. The molecule has 0 bridgehead atoms. The molecule has 1 amide bonds. The molecule has 1 aromatic carbocycles. The molecule has 1 fully saturated rings. The molecule has 27 heavy (non-hydrogen) atoms. The smallest absolute Gasteiger partial charge is 0.258 e. The number of hydrogen-bond donors (Lipinski definition) is 1. The van der Waals surface area contributed by atoms with Crippen LogP contribution in [0.5, 0.6) is 5.75 Å². The van der Waals surface area contributed by atoms with Crippen LogP contribution in [0, 0.1) is 13.8 Å². The minimum Gasteiger partial charge on any atom is -0.481 e. The van der Waals surface area contributed by atoms with E-state index in [1.807, 2.05) is 54.9 Å². The van der Waals surface area contributed by atoms with Crippen molar-refractivity contribution in [2.45, 2.75) is 45.6 Å². The van der Waals surface area contributed by atoms with Crippen molar-refractivity contribution in [3.63, 3.8) is 0 Å². The topological polar surface area (TPSA) is 69.0 Å². The van der Waals surface area contributed by atoms with E-state index in [0.29, 0.717) is 11.8 Å². The lowest BCUT2D eigenvalue weighted by Crippen LogP contribution is -2.36. The van der Waals surface area contributed by atoms with Gasteiger partial charge in [0.2, 0.25) is 0 Å². The second-order valence-corrected chi connectivity index (χ2v) is 7.17. The molecule has 1 aliphatic rings. The number of amides is 1. The van der Waals surface area contributed by atoms with Crippen LogP contribution in [0.1, 0.15) is 37.1 Å². The lowest BCUT2D eigenvalue weighted by atomic mass is 10.2. The number of hydrogen-bond acceptors (Lipinski definition) is 4. The number of fused-ring (bicyclic) bond motifs is 1. The summed E-state index contributed by atoms with van der Waals surface area (Å²) in [4.78, 5) is 16.9. The van der Waals surface area contributed by atoms with Crippen LogP contribution in [0.3, 0.4) is 0 Å². The van der Waals surface area contributed by atoms with E-state index in [1.54, 1.807) is 0 Å². The number of para-hydroxylation sites is 1. The molecule has 0 saturated heterocycles. The Kier molecular flexibility index (Phi) is 4.79. The average Bonchev–Trinajstić information content (AvgIpc) is 3.28. The quantitative estimate of drug-likeness (QED) is 0.753. The van der Waals surface area contributed by atoms with Gasteiger partial charge in [-0.2, -0.15) is 5.10 Å². The largest absolute Gasteiger partial charge is 0.481 e. The Labute approximate surface area is 158 Å². The van der Waals surface area contributed by atoms with Crippen molar-refractivity contribution in [3.8, 4) is 11.6 Å². The molecule has 0 unspecified atom stereocenters. The van der Waals surface area contributed by atoms with Gasteiger partial charge in [-0.3, -0.25) is 4.79 Å². The van der Waals surface area contributed by atoms with Crippen LogP contribution >= 0.6 is 0 Å². The Morgan fingerprint density at radius 1 is 1.22 bits per heavy atom. The zero-order chi connectivity index (χ0) is 18.8. The first-order chi connectivity index (χ1) is 13.1. The van der Waals surface area contributed by atoms with E-state index in [2.05, 4.69) is 10.4 Å². The van der Waals surface area contributed by atoms with Crippen molar-refractivity contribution in [1.29, 1.82) is 0 Å². The molecule has 140 valence electrons. The number of nitrogens with one attached hydrogen (secondary N) is 1. The number of ether oxygens (including phenoxy) is 1. The van der Waals surface area contributed by atoms with Gasteiger partial charge in [-0.1, -0.05) is 25.0 Å². The van der Waals surface area contributed by atoms with Crippen molar-refractivity contribution in [3.05, 3.63) is 47.8 Å². The van der Waals surface area contributed by atoms with Gasteiger partial charge < -0.3 is 10.1 Å². The highest BCUT2D eigenvalue weighted by molar-refractivity contribution is 5.86. The summed E-state index contributed by atoms with van der Waals surface area (Å²) in [6.07, 6.45) is 4.50. The Morgan fingerprint density at radius 3 is 2.78 bits per heavy atom. The molecule has 1 saturated carbocycles. The first kappa shape index (κ1) is 17.5. The summed E-state index contributed by atoms with van der Waals surface area (Å²) in [5.41, 5.74) is 2.70. The predicted molar refractivity (Wildman–Crippen MR) is 104 cm³/mol. The first-order valence-corrected chi connectivity index (χ1v) is 9.46. The third-order valence-electron chi connectivity index (χ3n) is 4.97. The molecule has 0 atom stereocenters. The van der Waals surface area contributed by atoms with E-state index >= 15 is 0 Å². The van der Waals surface area contributed by atoms with Crippen molar-refractivity contribution in [2.24, 2.45) is 0 Å². The van der Waals surface area contributed by atoms with Crippen molar-refractivity contribution in [1.82, 2.24) is 20.1 Å². The number of nitrogens with zero attached hydrogens (tertiary/aromatic N) is 3. The molecule has 6 heteroatoms. The molecule has 1 aliphatic carbocycles. The van der Waals surface area contributed by atoms with E-state index in [0.717, 1.165) is 41.0 Å². The summed E-state index contributed by atoms with van der Waals surface area (Å²) < 4.78 is 7.63. The number of rotatable bonds is 5. The van der Waals surface area contributed by atoms with Gasteiger partial charge in [0.05, 0.1) is 5.69 Å². The molecule has 2 aromatic heterocycles. The highest BCUT2D eigenvalue weighted by Crippen LogP contribution is 2.25. The Morgan fingerprint density at radius 2 is 2.04 bits per heavy atom. The van der Waals surface area contributed by atoms with Crippen LogP contribution in [0.25, 0.3) is 16.7 Å². The second-order valence-electron chi connectivity index (χ2n) is 7.17. The van der Waals surface area contributed by atoms with E-state index < -0.39 is 0 Å². The number of benzene rings is 1. The van der Waals surface area contributed by atoms with Crippen LogP contribution in [0.15, 0.2) is 36.4 Å². The fourth-order valence-corrected chi connectivity index (χ4v) is 3.69. The summed E-state index contributed by atoms with van der Waals surface area (Å²) in [6.45, 7) is 3.96. The molecule has 0 radical (unpaired) electrons. The molecule has 0 aliphatic heterocycles. The number of aryl methyl sites for hydroxylation is 2. The SMILES string of the molecule is Cc1cc(C)n(-c2ccc3cccc(OCC(=O)NC4CCCC4)c3n2)n1. The van der Waals surface area contributed by atoms with Crippen LogP contribution in [-0.2, 0) is 4.79 Å². The van der Waals surface area contributed by atoms with Gasteiger partial charge >= 0.3 is 0 Å². The third-order valence-corrected chi connectivity index (χ3v) is 4.97. The normalized spacial score (nSPS) is 14.6. The van der Waals surface area contributed by atoms with Gasteiger partial charge in [0.1, 0.15) is 11.3 Å². The third kappa shape index (κ3) is 3.79. The van der Waals surface area contributed by atoms with Crippen molar-refractivity contribution < 1.29 is 9.53 Å². The molecule has 4 rings (SSSR count). The molecule has 3 aromatic rings. The van der Waals surface area contributed by atoms with E-state index in [1.165, 1.54) is 12.8 Å². The minimum atomic E-state index is -0.0754. The fourth-order valence-electron chi connectivity index (χ4n) is 3.69. The molecule has 6 nitrogen and oxygen atoms in total. The molecular formula is C21H24N4O2. The summed E-state index contributed by atoms with van der Waals surface area (Å²) in [5.74, 6) is 1.27. The van der Waals surface area contributed by atoms with Gasteiger partial charge in [-0.15, -0.1) is 0 Å². The maximum Gasteiger partial charge on any atom is 0.258 e. The second kappa shape index (κ2) is 7.39. The van der Waals surface area contributed by atoms with Crippen LogP contribution in [-0.4, -0.2) is 33.3 Å².